The second-order valence-electron chi connectivity index (χ2n) is 6.25. The first-order valence-electron chi connectivity index (χ1n) is 8.89. The molecule has 0 aliphatic rings. The van der Waals surface area contributed by atoms with Crippen molar-refractivity contribution in [1.29, 1.82) is 0 Å². The third-order valence-corrected chi connectivity index (χ3v) is 4.49. The van der Waals surface area contributed by atoms with Crippen LogP contribution in [0.1, 0.15) is 44.0 Å². The third kappa shape index (κ3) is 3.78. The van der Waals surface area contributed by atoms with Gasteiger partial charge in [-0.3, -0.25) is 0 Å². The first-order valence-corrected chi connectivity index (χ1v) is 8.89. The highest BCUT2D eigenvalue weighted by molar-refractivity contribution is 5.76. The highest BCUT2D eigenvalue weighted by atomic mass is 16.5. The average molecular weight is 322 g/mol. The van der Waals surface area contributed by atoms with Crippen molar-refractivity contribution in [1.82, 2.24) is 9.55 Å². The fraction of sp³-hybridized carbons (Fsp3) is 0.381. The van der Waals surface area contributed by atoms with E-state index in [2.05, 4.69) is 47.9 Å². The van der Waals surface area contributed by atoms with Crippen molar-refractivity contribution in [3.63, 3.8) is 0 Å². The van der Waals surface area contributed by atoms with Crippen LogP contribution in [0, 0.1) is 0 Å². The van der Waals surface area contributed by atoms with E-state index in [4.69, 9.17) is 9.72 Å². The van der Waals surface area contributed by atoms with Crippen LogP contribution in [0.15, 0.2) is 48.5 Å². The fourth-order valence-electron chi connectivity index (χ4n) is 3.13. The van der Waals surface area contributed by atoms with E-state index in [1.807, 2.05) is 12.1 Å². The molecule has 0 amide bonds. The molecule has 3 rings (SSSR count). The molecule has 24 heavy (non-hydrogen) atoms. The minimum atomic E-state index is 0.854. The van der Waals surface area contributed by atoms with Gasteiger partial charge in [0.05, 0.1) is 18.1 Å². The number of hydrogen-bond donors (Lipinski definition) is 0. The molecule has 0 saturated heterocycles. The monoisotopic (exact) mass is 322 g/mol. The van der Waals surface area contributed by atoms with Gasteiger partial charge in [0.15, 0.2) is 0 Å². The van der Waals surface area contributed by atoms with Crippen LogP contribution in [0.3, 0.4) is 0 Å². The summed E-state index contributed by atoms with van der Waals surface area (Å²) >= 11 is 0. The SMILES string of the molecule is CCCCCCn1c(Cc2ccc(OC)cc2)nc2ccccc21. The second-order valence-corrected chi connectivity index (χ2v) is 6.25. The molecule has 1 heterocycles. The van der Waals surface area contributed by atoms with Gasteiger partial charge in [-0.25, -0.2) is 4.98 Å². The topological polar surface area (TPSA) is 27.1 Å². The molecule has 0 aliphatic carbocycles. The van der Waals surface area contributed by atoms with Crippen molar-refractivity contribution in [2.75, 3.05) is 7.11 Å². The van der Waals surface area contributed by atoms with Crippen LogP contribution in [0.4, 0.5) is 0 Å². The lowest BCUT2D eigenvalue weighted by molar-refractivity contribution is 0.414. The number of aryl methyl sites for hydroxylation is 1. The predicted molar refractivity (Wildman–Crippen MR) is 99.7 cm³/mol. The number of ether oxygens (including phenoxy) is 1. The molecule has 0 radical (unpaired) electrons. The molecule has 3 heteroatoms. The number of nitrogens with zero attached hydrogens (tertiary/aromatic N) is 2. The van der Waals surface area contributed by atoms with Crippen LogP contribution in [0.25, 0.3) is 11.0 Å². The molecule has 0 saturated carbocycles. The molecule has 0 aliphatic heterocycles. The first kappa shape index (κ1) is 16.6. The summed E-state index contributed by atoms with van der Waals surface area (Å²) in [6.45, 7) is 3.30. The van der Waals surface area contributed by atoms with Gasteiger partial charge in [0.1, 0.15) is 11.6 Å². The van der Waals surface area contributed by atoms with Crippen LogP contribution in [-0.4, -0.2) is 16.7 Å². The van der Waals surface area contributed by atoms with Crippen LogP contribution in [0.5, 0.6) is 5.75 Å². The maximum absolute atomic E-state index is 5.25. The summed E-state index contributed by atoms with van der Waals surface area (Å²) in [5.41, 5.74) is 3.61. The maximum Gasteiger partial charge on any atom is 0.118 e. The molecule has 0 unspecified atom stereocenters. The van der Waals surface area contributed by atoms with Crippen molar-refractivity contribution in [3.8, 4) is 5.75 Å². The lowest BCUT2D eigenvalue weighted by Gasteiger charge is -2.10. The smallest absolute Gasteiger partial charge is 0.118 e. The van der Waals surface area contributed by atoms with Crippen molar-refractivity contribution in [2.45, 2.75) is 45.6 Å². The van der Waals surface area contributed by atoms with Gasteiger partial charge in [0.2, 0.25) is 0 Å². The number of benzene rings is 2. The van der Waals surface area contributed by atoms with Crippen LogP contribution in [-0.2, 0) is 13.0 Å². The fourth-order valence-corrected chi connectivity index (χ4v) is 3.13. The molecule has 0 bridgehead atoms. The van der Waals surface area contributed by atoms with Gasteiger partial charge in [0, 0.05) is 13.0 Å². The van der Waals surface area contributed by atoms with Crippen LogP contribution < -0.4 is 4.74 Å². The van der Waals surface area contributed by atoms with E-state index in [-0.39, 0.29) is 0 Å². The Balaban J connectivity index is 1.84. The Labute approximate surface area is 144 Å². The molecular weight excluding hydrogens is 296 g/mol. The Morgan fingerprint density at radius 3 is 2.50 bits per heavy atom. The van der Waals surface area contributed by atoms with Crippen LogP contribution in [0.2, 0.25) is 0 Å². The Kier molecular flexibility index (Phi) is 5.52. The summed E-state index contributed by atoms with van der Waals surface area (Å²) in [4.78, 5) is 4.88. The van der Waals surface area contributed by atoms with E-state index in [0.29, 0.717) is 0 Å². The molecule has 1 aromatic heterocycles. The number of methoxy groups -OCH3 is 1. The van der Waals surface area contributed by atoms with Gasteiger partial charge >= 0.3 is 0 Å². The normalized spacial score (nSPS) is 11.1. The molecule has 0 N–H and O–H groups in total. The molecule has 2 aromatic carbocycles. The second kappa shape index (κ2) is 8.00. The van der Waals surface area contributed by atoms with E-state index >= 15 is 0 Å². The molecule has 0 atom stereocenters. The largest absolute Gasteiger partial charge is 0.497 e. The lowest BCUT2D eigenvalue weighted by atomic mass is 10.1. The van der Waals surface area contributed by atoms with Crippen molar-refractivity contribution >= 4 is 11.0 Å². The zero-order chi connectivity index (χ0) is 16.8. The Morgan fingerprint density at radius 2 is 1.75 bits per heavy atom. The van der Waals surface area contributed by atoms with Gasteiger partial charge in [-0.2, -0.15) is 0 Å². The molecular formula is C21H26N2O. The van der Waals surface area contributed by atoms with E-state index < -0.39 is 0 Å². The van der Waals surface area contributed by atoms with Crippen molar-refractivity contribution in [2.24, 2.45) is 0 Å². The number of aromatic nitrogens is 2. The highest BCUT2D eigenvalue weighted by Crippen LogP contribution is 2.21. The number of para-hydroxylation sites is 2. The standard InChI is InChI=1S/C21H26N2O/c1-3-4-5-8-15-23-20-10-7-6-9-19(20)22-21(23)16-17-11-13-18(24-2)14-12-17/h6-7,9-14H,3-5,8,15-16H2,1-2H3. The first-order chi connectivity index (χ1) is 11.8. The van der Waals surface area contributed by atoms with E-state index in [0.717, 1.165) is 30.1 Å². The average Bonchev–Trinajstić information content (AvgIpc) is 2.97. The Morgan fingerprint density at radius 1 is 0.958 bits per heavy atom. The van der Waals surface area contributed by atoms with Crippen molar-refractivity contribution < 1.29 is 4.74 Å². The van der Waals surface area contributed by atoms with E-state index in [1.165, 1.54) is 36.8 Å². The maximum atomic E-state index is 5.25. The van der Waals surface area contributed by atoms with Crippen LogP contribution >= 0.6 is 0 Å². The summed E-state index contributed by atoms with van der Waals surface area (Å²) in [6.07, 6.45) is 5.92. The summed E-state index contributed by atoms with van der Waals surface area (Å²) in [5.74, 6) is 2.05. The zero-order valence-corrected chi connectivity index (χ0v) is 14.7. The minimum Gasteiger partial charge on any atom is -0.497 e. The number of imidazole rings is 1. The highest BCUT2D eigenvalue weighted by Gasteiger charge is 2.11. The quantitative estimate of drug-likeness (QED) is 0.532. The van der Waals surface area contributed by atoms with Gasteiger partial charge < -0.3 is 9.30 Å². The van der Waals surface area contributed by atoms with Crippen molar-refractivity contribution in [3.05, 3.63) is 59.9 Å². The van der Waals surface area contributed by atoms with Gasteiger partial charge in [-0.15, -0.1) is 0 Å². The summed E-state index contributed by atoms with van der Waals surface area (Å²) < 4.78 is 7.64. The summed E-state index contributed by atoms with van der Waals surface area (Å²) in [5, 5.41) is 0. The Bertz CT molecular complexity index is 774. The predicted octanol–water partition coefficient (Wildman–Crippen LogP) is 5.22. The number of unbranched alkanes of at least 4 members (excludes halogenated alkanes) is 3. The molecule has 0 spiro atoms. The zero-order valence-electron chi connectivity index (χ0n) is 14.7. The molecule has 126 valence electrons. The van der Waals surface area contributed by atoms with Gasteiger partial charge in [-0.05, 0) is 36.2 Å². The number of fused-ring (bicyclic) bond motifs is 1. The van der Waals surface area contributed by atoms with E-state index in [1.54, 1.807) is 7.11 Å². The minimum absolute atomic E-state index is 0.854. The Hall–Kier alpha value is -2.29. The van der Waals surface area contributed by atoms with Gasteiger partial charge in [-0.1, -0.05) is 50.5 Å². The van der Waals surface area contributed by atoms with E-state index in [9.17, 15) is 0 Å². The molecule has 3 aromatic rings. The number of hydrogen-bond acceptors (Lipinski definition) is 2. The third-order valence-electron chi connectivity index (χ3n) is 4.49. The molecule has 3 nitrogen and oxygen atoms in total. The van der Waals surface area contributed by atoms with Gasteiger partial charge in [0.25, 0.3) is 0 Å². The summed E-state index contributed by atoms with van der Waals surface area (Å²) in [6, 6.07) is 16.7. The summed E-state index contributed by atoms with van der Waals surface area (Å²) in [7, 11) is 1.70. The number of rotatable bonds is 8. The molecule has 0 fully saturated rings. The lowest BCUT2D eigenvalue weighted by Crippen LogP contribution is -2.05.